The molecule has 0 bridgehead atoms. The number of nitrogens with one attached hydrogen (secondary N) is 1. The summed E-state index contributed by atoms with van der Waals surface area (Å²) in [6.07, 6.45) is 2.41. The second-order valence-electron chi connectivity index (χ2n) is 7.77. The van der Waals surface area contributed by atoms with Gasteiger partial charge in [-0.3, -0.25) is 9.69 Å². The number of nitrogens with zero attached hydrogens (tertiary/aromatic N) is 1. The summed E-state index contributed by atoms with van der Waals surface area (Å²) in [4.78, 5) is 15.3. The molecule has 6 heteroatoms. The average molecular weight is 413 g/mol. The standard InChI is InChI=1S/C24H32N2O4/c1-17(2)30-22-12-9-19(15-23(22)29-4)24(27)25-16-21(26-13-5-6-14-26)18-7-10-20(28-3)11-8-18/h7-12,15,17,21H,5-6,13-14,16H2,1-4H3,(H,25,27). The zero-order valence-electron chi connectivity index (χ0n) is 18.3. The quantitative estimate of drug-likeness (QED) is 0.673. The molecule has 6 nitrogen and oxygen atoms in total. The molecule has 1 aliphatic rings. The number of amides is 1. The number of ether oxygens (including phenoxy) is 3. The molecule has 1 fully saturated rings. The molecule has 0 spiro atoms. The van der Waals surface area contributed by atoms with Gasteiger partial charge in [-0.15, -0.1) is 0 Å². The third-order valence-electron chi connectivity index (χ3n) is 5.33. The lowest BCUT2D eigenvalue weighted by molar-refractivity contribution is 0.0937. The van der Waals surface area contributed by atoms with Crippen LogP contribution in [0.4, 0.5) is 0 Å². The molecule has 0 aromatic heterocycles. The van der Waals surface area contributed by atoms with E-state index in [0.717, 1.165) is 18.8 Å². The van der Waals surface area contributed by atoms with Gasteiger partial charge < -0.3 is 19.5 Å². The number of hydrogen-bond acceptors (Lipinski definition) is 5. The van der Waals surface area contributed by atoms with Gasteiger partial charge in [0.1, 0.15) is 5.75 Å². The van der Waals surface area contributed by atoms with E-state index in [1.165, 1.54) is 18.4 Å². The molecule has 0 radical (unpaired) electrons. The van der Waals surface area contributed by atoms with E-state index in [4.69, 9.17) is 14.2 Å². The van der Waals surface area contributed by atoms with Crippen molar-refractivity contribution in [3.63, 3.8) is 0 Å². The van der Waals surface area contributed by atoms with Gasteiger partial charge in [-0.2, -0.15) is 0 Å². The molecule has 30 heavy (non-hydrogen) atoms. The molecule has 0 aliphatic carbocycles. The topological polar surface area (TPSA) is 60.0 Å². The van der Waals surface area contributed by atoms with Crippen LogP contribution in [-0.2, 0) is 0 Å². The Morgan fingerprint density at radius 2 is 1.70 bits per heavy atom. The van der Waals surface area contributed by atoms with Crippen LogP contribution >= 0.6 is 0 Å². The second kappa shape index (κ2) is 10.3. The van der Waals surface area contributed by atoms with Crippen molar-refractivity contribution in [3.05, 3.63) is 53.6 Å². The lowest BCUT2D eigenvalue weighted by Gasteiger charge is -2.28. The molecule has 1 atom stereocenters. The zero-order valence-corrected chi connectivity index (χ0v) is 18.3. The third kappa shape index (κ3) is 5.45. The normalized spacial score (nSPS) is 15.1. The maximum absolute atomic E-state index is 12.9. The Bertz CT molecular complexity index is 830. The van der Waals surface area contributed by atoms with Gasteiger partial charge in [0, 0.05) is 12.1 Å². The van der Waals surface area contributed by atoms with E-state index in [-0.39, 0.29) is 18.1 Å². The summed E-state index contributed by atoms with van der Waals surface area (Å²) in [5, 5.41) is 3.11. The number of carbonyl (C=O) groups is 1. The van der Waals surface area contributed by atoms with Crippen molar-refractivity contribution in [1.82, 2.24) is 10.2 Å². The van der Waals surface area contributed by atoms with Crippen LogP contribution in [0.1, 0.15) is 48.7 Å². The summed E-state index contributed by atoms with van der Waals surface area (Å²) in [6.45, 7) is 6.54. The van der Waals surface area contributed by atoms with Crippen LogP contribution in [0.3, 0.4) is 0 Å². The molecule has 3 rings (SSSR count). The maximum atomic E-state index is 12.9. The Kier molecular flexibility index (Phi) is 7.57. The zero-order chi connectivity index (χ0) is 21.5. The predicted molar refractivity (Wildman–Crippen MR) is 118 cm³/mol. The summed E-state index contributed by atoms with van der Waals surface area (Å²) in [6, 6.07) is 13.5. The highest BCUT2D eigenvalue weighted by molar-refractivity contribution is 5.94. The van der Waals surface area contributed by atoms with Gasteiger partial charge >= 0.3 is 0 Å². The first-order valence-corrected chi connectivity index (χ1v) is 10.5. The fraction of sp³-hybridized carbons (Fsp3) is 0.458. The summed E-state index contributed by atoms with van der Waals surface area (Å²) >= 11 is 0. The Morgan fingerprint density at radius 3 is 2.30 bits per heavy atom. The Labute approximate surface area is 179 Å². The number of benzene rings is 2. The van der Waals surface area contributed by atoms with Crippen molar-refractivity contribution in [1.29, 1.82) is 0 Å². The molecule has 1 amide bonds. The van der Waals surface area contributed by atoms with E-state index in [1.54, 1.807) is 32.4 Å². The fourth-order valence-corrected chi connectivity index (χ4v) is 3.79. The van der Waals surface area contributed by atoms with Gasteiger partial charge in [-0.05, 0) is 75.7 Å². The predicted octanol–water partition coefficient (Wildman–Crippen LogP) is 4.06. The molecule has 2 aromatic rings. The van der Waals surface area contributed by atoms with E-state index < -0.39 is 0 Å². The molecule has 1 heterocycles. The highest BCUT2D eigenvalue weighted by atomic mass is 16.5. The average Bonchev–Trinajstić information content (AvgIpc) is 3.28. The monoisotopic (exact) mass is 412 g/mol. The van der Waals surface area contributed by atoms with Crippen LogP contribution in [0.15, 0.2) is 42.5 Å². The van der Waals surface area contributed by atoms with Crippen molar-refractivity contribution in [3.8, 4) is 17.2 Å². The largest absolute Gasteiger partial charge is 0.497 e. The van der Waals surface area contributed by atoms with E-state index in [1.807, 2.05) is 26.0 Å². The highest BCUT2D eigenvalue weighted by Crippen LogP contribution is 2.29. The highest BCUT2D eigenvalue weighted by Gasteiger charge is 2.24. The van der Waals surface area contributed by atoms with Crippen LogP contribution < -0.4 is 19.5 Å². The molecule has 1 aliphatic heterocycles. The summed E-state index contributed by atoms with van der Waals surface area (Å²) in [7, 11) is 3.25. The first-order chi connectivity index (χ1) is 14.5. The van der Waals surface area contributed by atoms with Crippen LogP contribution in [0, 0.1) is 0 Å². The molecular formula is C24H32N2O4. The van der Waals surface area contributed by atoms with Gasteiger partial charge in [0.15, 0.2) is 11.5 Å². The molecule has 1 unspecified atom stereocenters. The lowest BCUT2D eigenvalue weighted by Crippen LogP contribution is -2.36. The van der Waals surface area contributed by atoms with Crippen LogP contribution in [-0.4, -0.2) is 50.8 Å². The number of carbonyl (C=O) groups excluding carboxylic acids is 1. The van der Waals surface area contributed by atoms with Gasteiger partial charge in [0.05, 0.1) is 26.4 Å². The molecule has 1 saturated heterocycles. The third-order valence-corrected chi connectivity index (χ3v) is 5.33. The smallest absolute Gasteiger partial charge is 0.251 e. The maximum Gasteiger partial charge on any atom is 0.251 e. The van der Waals surface area contributed by atoms with Gasteiger partial charge in [-0.1, -0.05) is 12.1 Å². The summed E-state index contributed by atoms with van der Waals surface area (Å²) in [5.41, 5.74) is 1.73. The molecular weight excluding hydrogens is 380 g/mol. The van der Waals surface area contributed by atoms with Crippen LogP contribution in [0.5, 0.6) is 17.2 Å². The molecule has 2 aromatic carbocycles. The summed E-state index contributed by atoms with van der Waals surface area (Å²) in [5.74, 6) is 1.90. The van der Waals surface area contributed by atoms with Crippen molar-refractivity contribution in [2.24, 2.45) is 0 Å². The minimum atomic E-state index is -0.123. The first kappa shape index (κ1) is 22.0. The summed E-state index contributed by atoms with van der Waals surface area (Å²) < 4.78 is 16.4. The van der Waals surface area contributed by atoms with Crippen LogP contribution in [0.25, 0.3) is 0 Å². The van der Waals surface area contributed by atoms with Gasteiger partial charge in [0.25, 0.3) is 5.91 Å². The van der Waals surface area contributed by atoms with E-state index in [9.17, 15) is 4.79 Å². The van der Waals surface area contributed by atoms with Crippen LogP contribution in [0.2, 0.25) is 0 Å². The van der Waals surface area contributed by atoms with E-state index in [0.29, 0.717) is 23.6 Å². The Morgan fingerprint density at radius 1 is 1.00 bits per heavy atom. The second-order valence-corrected chi connectivity index (χ2v) is 7.77. The minimum absolute atomic E-state index is 0.0318. The number of hydrogen-bond donors (Lipinski definition) is 1. The number of methoxy groups -OCH3 is 2. The Hall–Kier alpha value is -2.73. The van der Waals surface area contributed by atoms with Crippen molar-refractivity contribution >= 4 is 5.91 Å². The van der Waals surface area contributed by atoms with Crippen molar-refractivity contribution in [2.75, 3.05) is 33.9 Å². The number of rotatable bonds is 9. The molecule has 162 valence electrons. The van der Waals surface area contributed by atoms with E-state index >= 15 is 0 Å². The van der Waals surface area contributed by atoms with E-state index in [2.05, 4.69) is 22.3 Å². The number of likely N-dealkylation sites (tertiary alicyclic amines) is 1. The molecule has 0 saturated carbocycles. The van der Waals surface area contributed by atoms with Gasteiger partial charge in [0.2, 0.25) is 0 Å². The first-order valence-electron chi connectivity index (χ1n) is 10.5. The Balaban J connectivity index is 1.72. The molecule has 1 N–H and O–H groups in total. The lowest BCUT2D eigenvalue weighted by atomic mass is 10.0. The van der Waals surface area contributed by atoms with Crippen molar-refractivity contribution < 1.29 is 19.0 Å². The fourth-order valence-electron chi connectivity index (χ4n) is 3.79. The minimum Gasteiger partial charge on any atom is -0.497 e. The van der Waals surface area contributed by atoms with Crippen molar-refractivity contribution in [2.45, 2.75) is 38.8 Å². The van der Waals surface area contributed by atoms with Gasteiger partial charge in [-0.25, -0.2) is 0 Å². The SMILES string of the molecule is COc1ccc(C(CNC(=O)c2ccc(OC(C)C)c(OC)c2)N2CCCC2)cc1.